The van der Waals surface area contributed by atoms with Gasteiger partial charge in [0.05, 0.1) is 0 Å². The minimum absolute atomic E-state index is 0.0143. The zero-order valence-corrected chi connectivity index (χ0v) is 16.1. The van der Waals surface area contributed by atoms with Gasteiger partial charge in [-0.25, -0.2) is 8.78 Å². The molecular formula is C22H27F5O. The van der Waals surface area contributed by atoms with Crippen LogP contribution in [0.5, 0.6) is 5.75 Å². The van der Waals surface area contributed by atoms with Crippen LogP contribution in [0.25, 0.3) is 0 Å². The summed E-state index contributed by atoms with van der Waals surface area (Å²) in [5.74, 6) is -1.92. The molecule has 0 spiro atoms. The van der Waals surface area contributed by atoms with Gasteiger partial charge in [0, 0.05) is 0 Å². The summed E-state index contributed by atoms with van der Waals surface area (Å²) in [6, 6.07) is 1.99. The van der Waals surface area contributed by atoms with Crippen LogP contribution in [0.15, 0.2) is 24.3 Å². The van der Waals surface area contributed by atoms with E-state index in [1.165, 1.54) is 25.7 Å². The van der Waals surface area contributed by atoms with Crippen LogP contribution in [0.1, 0.15) is 69.8 Å². The van der Waals surface area contributed by atoms with E-state index in [-0.39, 0.29) is 5.92 Å². The quantitative estimate of drug-likeness (QED) is 0.374. The largest absolute Gasteiger partial charge is 0.573 e. The maximum absolute atomic E-state index is 14.0. The second kappa shape index (κ2) is 8.83. The molecule has 0 atom stereocenters. The molecule has 0 heterocycles. The predicted octanol–water partition coefficient (Wildman–Crippen LogP) is 7.52. The van der Waals surface area contributed by atoms with E-state index in [4.69, 9.17) is 0 Å². The lowest BCUT2D eigenvalue weighted by molar-refractivity contribution is -0.276. The molecule has 1 nitrogen and oxygen atoms in total. The summed E-state index contributed by atoms with van der Waals surface area (Å²) >= 11 is 0. The van der Waals surface area contributed by atoms with Gasteiger partial charge in [-0.3, -0.25) is 0 Å². The normalized spacial score (nSPS) is 29.2. The average Bonchev–Trinajstić information content (AvgIpc) is 2.65. The highest BCUT2D eigenvalue weighted by Crippen LogP contribution is 2.44. The molecule has 0 N–H and O–H groups in total. The van der Waals surface area contributed by atoms with Gasteiger partial charge in [-0.15, -0.1) is 13.2 Å². The number of rotatable bonds is 4. The monoisotopic (exact) mass is 402 g/mol. The van der Waals surface area contributed by atoms with Crippen LogP contribution in [0.4, 0.5) is 22.0 Å². The van der Waals surface area contributed by atoms with Crippen LogP contribution in [-0.2, 0) is 0 Å². The molecule has 28 heavy (non-hydrogen) atoms. The van der Waals surface area contributed by atoms with Gasteiger partial charge in [-0.2, -0.15) is 0 Å². The first kappa shape index (κ1) is 21.1. The lowest BCUT2D eigenvalue weighted by atomic mass is 9.68. The summed E-state index contributed by atoms with van der Waals surface area (Å²) in [5.41, 5.74) is 0.430. The fourth-order valence-corrected chi connectivity index (χ4v) is 5.03. The topological polar surface area (TPSA) is 9.23 Å². The SMILES string of the molecule is CC=CC1CCC(C2CCC(c3cc(F)c(OC(F)(F)F)c(F)c3)CC2)CC1. The van der Waals surface area contributed by atoms with Gasteiger partial charge in [-0.05, 0) is 99.7 Å². The van der Waals surface area contributed by atoms with Gasteiger partial charge >= 0.3 is 6.36 Å². The number of alkyl halides is 3. The number of hydrogen-bond acceptors (Lipinski definition) is 1. The highest BCUT2D eigenvalue weighted by molar-refractivity contribution is 5.33. The van der Waals surface area contributed by atoms with Gasteiger partial charge < -0.3 is 4.74 Å². The molecule has 0 saturated heterocycles. The third-order valence-corrected chi connectivity index (χ3v) is 6.43. The van der Waals surface area contributed by atoms with Crippen molar-refractivity contribution in [3.05, 3.63) is 41.5 Å². The van der Waals surface area contributed by atoms with Gasteiger partial charge in [0.25, 0.3) is 0 Å². The number of allylic oxidation sites excluding steroid dienone is 2. The highest BCUT2D eigenvalue weighted by Gasteiger charge is 2.35. The molecule has 1 aromatic rings. The Hall–Kier alpha value is -1.59. The first-order chi connectivity index (χ1) is 13.3. The fraction of sp³-hybridized carbons (Fsp3) is 0.636. The Balaban J connectivity index is 1.58. The maximum atomic E-state index is 14.0. The molecule has 0 amide bonds. The Labute approximate surface area is 163 Å². The molecule has 0 aromatic heterocycles. The van der Waals surface area contributed by atoms with Crippen LogP contribution >= 0.6 is 0 Å². The minimum atomic E-state index is -5.12. The Morgan fingerprint density at radius 2 is 1.36 bits per heavy atom. The van der Waals surface area contributed by atoms with E-state index in [1.54, 1.807) is 0 Å². The molecule has 2 saturated carbocycles. The van der Waals surface area contributed by atoms with Gasteiger partial charge in [0.15, 0.2) is 11.6 Å². The predicted molar refractivity (Wildman–Crippen MR) is 98.0 cm³/mol. The van der Waals surface area contributed by atoms with Crippen molar-refractivity contribution >= 4 is 0 Å². The molecule has 156 valence electrons. The molecule has 1 aromatic carbocycles. The number of hydrogen-bond donors (Lipinski definition) is 0. The van der Waals surface area contributed by atoms with Crippen LogP contribution in [0.2, 0.25) is 0 Å². The van der Waals surface area contributed by atoms with Crippen LogP contribution in [-0.4, -0.2) is 6.36 Å². The van der Waals surface area contributed by atoms with Crippen LogP contribution in [0.3, 0.4) is 0 Å². The lowest BCUT2D eigenvalue weighted by Crippen LogP contribution is -2.25. The lowest BCUT2D eigenvalue weighted by Gasteiger charge is -2.37. The minimum Gasteiger partial charge on any atom is -0.399 e. The molecule has 6 heteroatoms. The summed E-state index contributed by atoms with van der Waals surface area (Å²) in [7, 11) is 0. The molecule has 3 rings (SSSR count). The van der Waals surface area contributed by atoms with Crippen molar-refractivity contribution in [3.8, 4) is 5.75 Å². The van der Waals surface area contributed by atoms with E-state index < -0.39 is 23.7 Å². The molecule has 2 aliphatic rings. The zero-order valence-electron chi connectivity index (χ0n) is 16.1. The van der Waals surface area contributed by atoms with Crippen molar-refractivity contribution < 1.29 is 26.7 Å². The Morgan fingerprint density at radius 1 is 0.857 bits per heavy atom. The van der Waals surface area contributed by atoms with Crippen molar-refractivity contribution in [1.29, 1.82) is 0 Å². The number of halogens is 5. The van der Waals surface area contributed by atoms with E-state index in [1.807, 2.05) is 0 Å². The summed E-state index contributed by atoms with van der Waals surface area (Å²) < 4.78 is 68.3. The van der Waals surface area contributed by atoms with Gasteiger partial charge in [0.1, 0.15) is 0 Å². The molecule has 0 unspecified atom stereocenters. The average molecular weight is 402 g/mol. The third kappa shape index (κ3) is 5.26. The molecule has 0 radical (unpaired) electrons. The standard InChI is InChI=1S/C22H27F5O/c1-2-3-14-4-6-15(7-5-14)16-8-10-17(11-9-16)18-12-19(23)21(20(24)13-18)28-22(25,26)27/h2-3,12-17H,4-11H2,1H3. The first-order valence-electron chi connectivity index (χ1n) is 10.1. The van der Waals surface area contributed by atoms with Gasteiger partial charge in [-0.1, -0.05) is 12.2 Å². The van der Waals surface area contributed by atoms with Crippen molar-refractivity contribution in [2.75, 3.05) is 0 Å². The van der Waals surface area contributed by atoms with E-state index in [0.717, 1.165) is 43.7 Å². The number of ether oxygens (including phenoxy) is 1. The van der Waals surface area contributed by atoms with E-state index >= 15 is 0 Å². The van der Waals surface area contributed by atoms with E-state index in [2.05, 4.69) is 23.8 Å². The van der Waals surface area contributed by atoms with Crippen molar-refractivity contribution in [2.24, 2.45) is 17.8 Å². The maximum Gasteiger partial charge on any atom is 0.573 e. The Bertz CT molecular complexity index is 658. The smallest absolute Gasteiger partial charge is 0.399 e. The molecule has 0 aliphatic heterocycles. The fourth-order valence-electron chi connectivity index (χ4n) is 5.03. The van der Waals surface area contributed by atoms with Crippen LogP contribution < -0.4 is 4.74 Å². The molecule has 2 fully saturated rings. The zero-order chi connectivity index (χ0) is 20.3. The summed E-state index contributed by atoms with van der Waals surface area (Å²) in [4.78, 5) is 0. The molecule has 2 aliphatic carbocycles. The Morgan fingerprint density at radius 3 is 1.82 bits per heavy atom. The summed E-state index contributed by atoms with van der Waals surface area (Å²) in [6.45, 7) is 2.06. The Kier molecular flexibility index (Phi) is 6.66. The molecular weight excluding hydrogens is 375 g/mol. The van der Waals surface area contributed by atoms with Crippen molar-refractivity contribution in [2.45, 2.75) is 70.6 Å². The van der Waals surface area contributed by atoms with E-state index in [9.17, 15) is 22.0 Å². The van der Waals surface area contributed by atoms with E-state index in [0.29, 0.717) is 17.4 Å². The number of benzene rings is 1. The first-order valence-corrected chi connectivity index (χ1v) is 10.1. The summed E-state index contributed by atoms with van der Waals surface area (Å²) in [6.07, 6.45) is 7.87. The second-order valence-electron chi connectivity index (χ2n) is 8.17. The second-order valence-corrected chi connectivity index (χ2v) is 8.17. The highest BCUT2D eigenvalue weighted by atomic mass is 19.4. The van der Waals surface area contributed by atoms with Crippen molar-refractivity contribution in [1.82, 2.24) is 0 Å². The van der Waals surface area contributed by atoms with Crippen LogP contribution in [0, 0.1) is 29.4 Å². The van der Waals surface area contributed by atoms with Gasteiger partial charge in [0.2, 0.25) is 5.75 Å². The van der Waals surface area contributed by atoms with Crippen molar-refractivity contribution in [3.63, 3.8) is 0 Å². The summed E-state index contributed by atoms with van der Waals surface area (Å²) in [5, 5.41) is 0. The molecule has 0 bridgehead atoms. The third-order valence-electron chi connectivity index (χ3n) is 6.43.